The highest BCUT2D eigenvalue weighted by molar-refractivity contribution is 9.10. The highest BCUT2D eigenvalue weighted by Gasteiger charge is 2.06. The Morgan fingerprint density at radius 2 is 2.18 bits per heavy atom. The number of nitrogens with zero attached hydrogens (tertiary/aromatic N) is 3. The normalized spacial score (nSPS) is 10.8. The summed E-state index contributed by atoms with van der Waals surface area (Å²) < 4.78 is 16.0. The maximum absolute atomic E-state index is 13.5. The predicted octanol–water partition coefficient (Wildman–Crippen LogP) is 3.17. The van der Waals surface area contributed by atoms with Gasteiger partial charge >= 0.3 is 0 Å². The highest BCUT2D eigenvalue weighted by atomic mass is 79.9. The van der Waals surface area contributed by atoms with Gasteiger partial charge in [0.15, 0.2) is 0 Å². The highest BCUT2D eigenvalue weighted by Crippen LogP contribution is 2.16. The predicted molar refractivity (Wildman–Crippen MR) is 70.7 cm³/mol. The second-order valence-corrected chi connectivity index (χ2v) is 5.29. The van der Waals surface area contributed by atoms with Gasteiger partial charge in [-0.25, -0.2) is 9.07 Å². The van der Waals surface area contributed by atoms with Crippen LogP contribution in [-0.2, 0) is 13.0 Å². The molecule has 0 fully saturated rings. The van der Waals surface area contributed by atoms with Gasteiger partial charge in [0, 0.05) is 28.0 Å². The topological polar surface area (TPSA) is 30.7 Å². The summed E-state index contributed by atoms with van der Waals surface area (Å²) in [6.45, 7) is 0.389. The minimum absolute atomic E-state index is 0.231. The van der Waals surface area contributed by atoms with Crippen molar-refractivity contribution in [3.8, 4) is 0 Å². The molecule has 0 aliphatic carbocycles. The molecule has 0 saturated carbocycles. The Bertz CT molecular complexity index is 513. The number of aryl methyl sites for hydroxylation is 1. The van der Waals surface area contributed by atoms with Crippen LogP contribution in [0.25, 0.3) is 0 Å². The van der Waals surface area contributed by atoms with Crippen LogP contribution in [0.4, 0.5) is 4.39 Å². The van der Waals surface area contributed by atoms with Gasteiger partial charge in [-0.2, -0.15) is 0 Å². The van der Waals surface area contributed by atoms with Gasteiger partial charge in [0.05, 0.1) is 12.2 Å². The van der Waals surface area contributed by atoms with E-state index in [1.54, 1.807) is 16.8 Å². The van der Waals surface area contributed by atoms with Crippen LogP contribution >= 0.6 is 31.9 Å². The lowest BCUT2D eigenvalue weighted by molar-refractivity contribution is 0.576. The molecule has 0 aliphatic heterocycles. The monoisotopic (exact) mass is 361 g/mol. The van der Waals surface area contributed by atoms with Crippen molar-refractivity contribution in [3.05, 3.63) is 45.9 Å². The zero-order valence-electron chi connectivity index (χ0n) is 8.91. The van der Waals surface area contributed by atoms with Crippen molar-refractivity contribution < 1.29 is 4.39 Å². The van der Waals surface area contributed by atoms with Gasteiger partial charge in [-0.1, -0.05) is 37.1 Å². The lowest BCUT2D eigenvalue weighted by Crippen LogP contribution is -2.02. The van der Waals surface area contributed by atoms with Crippen molar-refractivity contribution in [3.63, 3.8) is 0 Å². The van der Waals surface area contributed by atoms with Gasteiger partial charge in [0.25, 0.3) is 0 Å². The summed E-state index contributed by atoms with van der Waals surface area (Å²) in [5.41, 5.74) is 1.49. The molecule has 1 aromatic carbocycles. The largest absolute Gasteiger partial charge is 0.248 e. The van der Waals surface area contributed by atoms with Crippen LogP contribution in [0.15, 0.2) is 28.9 Å². The van der Waals surface area contributed by atoms with E-state index in [2.05, 4.69) is 42.2 Å². The average molecular weight is 363 g/mol. The maximum atomic E-state index is 13.5. The average Bonchev–Trinajstić information content (AvgIpc) is 2.72. The van der Waals surface area contributed by atoms with Gasteiger partial charge in [0.1, 0.15) is 5.82 Å². The number of benzene rings is 1. The molecule has 0 unspecified atom stereocenters. The third-order valence-electron chi connectivity index (χ3n) is 2.28. The SMILES string of the molecule is Fc1ccc(Br)cc1Cn1cc(CCBr)nn1. The van der Waals surface area contributed by atoms with Crippen molar-refractivity contribution >= 4 is 31.9 Å². The number of hydrogen-bond donors (Lipinski definition) is 0. The third-order valence-corrected chi connectivity index (χ3v) is 3.17. The van der Waals surface area contributed by atoms with Gasteiger partial charge in [-0.15, -0.1) is 5.10 Å². The summed E-state index contributed by atoms with van der Waals surface area (Å²) in [7, 11) is 0. The van der Waals surface area contributed by atoms with Crippen LogP contribution in [-0.4, -0.2) is 20.3 Å². The second-order valence-electron chi connectivity index (χ2n) is 3.58. The van der Waals surface area contributed by atoms with E-state index < -0.39 is 0 Å². The first-order valence-corrected chi connectivity index (χ1v) is 6.99. The number of rotatable bonds is 4. The van der Waals surface area contributed by atoms with E-state index in [0.717, 1.165) is 21.9 Å². The Labute approximate surface area is 115 Å². The molecule has 0 radical (unpaired) electrons. The standard InChI is InChI=1S/C11H10Br2FN3/c12-4-3-10-7-17(16-15-10)6-8-5-9(13)1-2-11(8)14/h1-2,5,7H,3-4,6H2. The number of halogens is 3. The molecule has 3 nitrogen and oxygen atoms in total. The van der Waals surface area contributed by atoms with Crippen LogP contribution < -0.4 is 0 Å². The lowest BCUT2D eigenvalue weighted by atomic mass is 10.2. The minimum Gasteiger partial charge on any atom is -0.248 e. The zero-order valence-corrected chi connectivity index (χ0v) is 12.1. The summed E-state index contributed by atoms with van der Waals surface area (Å²) in [5.74, 6) is -0.231. The Hall–Kier alpha value is -0.750. The molecule has 1 aromatic heterocycles. The molecule has 0 N–H and O–H groups in total. The Kier molecular flexibility index (Phi) is 4.28. The quantitative estimate of drug-likeness (QED) is 0.782. The Balaban J connectivity index is 2.16. The number of aromatic nitrogens is 3. The summed E-state index contributed by atoms with van der Waals surface area (Å²) in [5, 5.41) is 8.81. The first kappa shape index (κ1) is 12.7. The molecular weight excluding hydrogens is 353 g/mol. The van der Waals surface area contributed by atoms with E-state index in [1.807, 2.05) is 6.20 Å². The van der Waals surface area contributed by atoms with E-state index in [1.165, 1.54) is 6.07 Å². The fourth-order valence-corrected chi connectivity index (χ4v) is 2.28. The fourth-order valence-electron chi connectivity index (χ4n) is 1.47. The molecule has 2 rings (SSSR count). The third kappa shape index (κ3) is 3.35. The van der Waals surface area contributed by atoms with Crippen molar-refractivity contribution in [1.82, 2.24) is 15.0 Å². The molecular formula is C11H10Br2FN3. The molecule has 0 saturated heterocycles. The molecule has 0 aliphatic rings. The molecule has 17 heavy (non-hydrogen) atoms. The summed E-state index contributed by atoms with van der Waals surface area (Å²) in [6.07, 6.45) is 2.66. The minimum atomic E-state index is -0.231. The Morgan fingerprint density at radius 3 is 2.94 bits per heavy atom. The molecule has 0 amide bonds. The molecule has 0 spiro atoms. The summed E-state index contributed by atoms with van der Waals surface area (Å²) in [6, 6.07) is 4.87. The molecule has 0 atom stereocenters. The first-order chi connectivity index (χ1) is 8.19. The lowest BCUT2D eigenvalue weighted by Gasteiger charge is -2.03. The molecule has 6 heteroatoms. The van der Waals surface area contributed by atoms with Crippen molar-refractivity contribution in [1.29, 1.82) is 0 Å². The van der Waals surface area contributed by atoms with Gasteiger partial charge in [-0.3, -0.25) is 0 Å². The van der Waals surface area contributed by atoms with Crippen molar-refractivity contribution in [2.24, 2.45) is 0 Å². The number of hydrogen-bond acceptors (Lipinski definition) is 2. The molecule has 1 heterocycles. The van der Waals surface area contributed by atoms with E-state index in [-0.39, 0.29) is 5.82 Å². The number of alkyl halides is 1. The second kappa shape index (κ2) is 5.73. The van der Waals surface area contributed by atoms with Crippen LogP contribution in [0.1, 0.15) is 11.3 Å². The summed E-state index contributed by atoms with van der Waals surface area (Å²) >= 11 is 6.66. The molecule has 2 aromatic rings. The van der Waals surface area contributed by atoms with Gasteiger partial charge < -0.3 is 0 Å². The van der Waals surface area contributed by atoms with E-state index >= 15 is 0 Å². The fraction of sp³-hybridized carbons (Fsp3) is 0.273. The van der Waals surface area contributed by atoms with Crippen LogP contribution in [0.2, 0.25) is 0 Å². The van der Waals surface area contributed by atoms with Gasteiger partial charge in [-0.05, 0) is 18.2 Å². The first-order valence-electron chi connectivity index (χ1n) is 5.08. The zero-order chi connectivity index (χ0) is 12.3. The van der Waals surface area contributed by atoms with Gasteiger partial charge in [0.2, 0.25) is 0 Å². The van der Waals surface area contributed by atoms with Crippen molar-refractivity contribution in [2.45, 2.75) is 13.0 Å². The molecule has 90 valence electrons. The summed E-state index contributed by atoms with van der Waals surface area (Å²) in [4.78, 5) is 0. The van der Waals surface area contributed by atoms with Crippen LogP contribution in [0.5, 0.6) is 0 Å². The van der Waals surface area contributed by atoms with E-state index in [9.17, 15) is 4.39 Å². The smallest absolute Gasteiger partial charge is 0.128 e. The van der Waals surface area contributed by atoms with Crippen LogP contribution in [0, 0.1) is 5.82 Å². The van der Waals surface area contributed by atoms with Crippen LogP contribution in [0.3, 0.4) is 0 Å². The Morgan fingerprint density at radius 1 is 1.35 bits per heavy atom. The molecule has 0 bridgehead atoms. The van der Waals surface area contributed by atoms with E-state index in [4.69, 9.17) is 0 Å². The van der Waals surface area contributed by atoms with Crippen molar-refractivity contribution in [2.75, 3.05) is 5.33 Å². The van der Waals surface area contributed by atoms with E-state index in [0.29, 0.717) is 12.1 Å². The maximum Gasteiger partial charge on any atom is 0.128 e.